The van der Waals surface area contributed by atoms with Gasteiger partial charge in [-0.1, -0.05) is 12.1 Å². The Bertz CT molecular complexity index is 1380. The second kappa shape index (κ2) is 12.7. The largest absolute Gasteiger partial charge is 0.477 e. The number of halogens is 2. The molecule has 1 amide bonds. The lowest BCUT2D eigenvalue weighted by Gasteiger charge is -2.37. The van der Waals surface area contributed by atoms with Gasteiger partial charge < -0.3 is 14.8 Å². The Balaban J connectivity index is 1.59. The van der Waals surface area contributed by atoms with Crippen LogP contribution in [0.25, 0.3) is 10.6 Å². The lowest BCUT2D eigenvalue weighted by Crippen LogP contribution is -2.49. The van der Waals surface area contributed by atoms with Crippen molar-refractivity contribution in [1.82, 2.24) is 25.2 Å². The predicted octanol–water partition coefficient (Wildman–Crippen LogP) is 3.15. The zero-order valence-electron chi connectivity index (χ0n) is 21.2. The summed E-state index contributed by atoms with van der Waals surface area (Å²) in [6.45, 7) is 6.49. The van der Waals surface area contributed by atoms with Crippen molar-refractivity contribution in [2.75, 3.05) is 37.6 Å². The highest BCUT2D eigenvalue weighted by molar-refractivity contribution is 7.93. The number of alkyl halides is 2. The van der Waals surface area contributed by atoms with Crippen LogP contribution in [0.2, 0.25) is 0 Å². The Morgan fingerprint density at radius 1 is 1.23 bits per heavy atom. The number of hydrogen-bond acceptors (Lipinski definition) is 10. The first-order chi connectivity index (χ1) is 18.7. The first-order valence-electron chi connectivity index (χ1n) is 12.1. The van der Waals surface area contributed by atoms with Crippen LogP contribution in [0.5, 0.6) is 5.88 Å². The summed E-state index contributed by atoms with van der Waals surface area (Å²) in [5, 5.41) is 3.18. The van der Waals surface area contributed by atoms with E-state index in [2.05, 4.69) is 25.2 Å². The second-order valence-electron chi connectivity index (χ2n) is 8.58. The number of morpholine rings is 1. The molecule has 15 heteroatoms. The van der Waals surface area contributed by atoms with E-state index < -0.39 is 27.7 Å². The van der Waals surface area contributed by atoms with E-state index in [9.17, 15) is 22.0 Å². The van der Waals surface area contributed by atoms with Gasteiger partial charge in [-0.2, -0.15) is 8.78 Å². The molecule has 0 saturated carbocycles. The number of rotatable bonds is 11. The predicted molar refractivity (Wildman–Crippen MR) is 141 cm³/mol. The van der Waals surface area contributed by atoms with Crippen LogP contribution in [0, 0.1) is 0 Å². The lowest BCUT2D eigenvalue weighted by atomic mass is 9.98. The number of sulfonamides is 1. The van der Waals surface area contributed by atoms with Gasteiger partial charge >= 0.3 is 5.76 Å². The minimum atomic E-state index is -4.86. The van der Waals surface area contributed by atoms with Crippen molar-refractivity contribution in [3.63, 3.8) is 0 Å². The molecule has 2 N–H and O–H groups in total. The van der Waals surface area contributed by atoms with Gasteiger partial charge in [0.1, 0.15) is 5.69 Å². The zero-order valence-corrected chi connectivity index (χ0v) is 22.8. The maximum atomic E-state index is 13.4. The number of thiazole rings is 1. The molecule has 39 heavy (non-hydrogen) atoms. The van der Waals surface area contributed by atoms with Gasteiger partial charge in [0.05, 0.1) is 43.1 Å². The summed E-state index contributed by atoms with van der Waals surface area (Å²) in [4.78, 5) is 28.9. The number of hydrogen-bond donors (Lipinski definition) is 2. The van der Waals surface area contributed by atoms with E-state index >= 15 is 0 Å². The first kappa shape index (κ1) is 28.7. The van der Waals surface area contributed by atoms with Gasteiger partial charge in [0.25, 0.3) is 15.9 Å². The summed E-state index contributed by atoms with van der Waals surface area (Å²) in [6.07, 6.45) is 4.57. The molecule has 1 saturated heterocycles. The number of nitrogens with one attached hydrogen (secondary N) is 2. The van der Waals surface area contributed by atoms with E-state index in [1.807, 2.05) is 18.6 Å². The standard InChI is InChI=1S/C24H28F2N6O5S2/c1-3-37-20-14-27-12-18(29-20)19-13-28-23(38-19)22(33)30-21(15(2)32-7-9-36-10-8-32)16-5-4-6-17(11-16)31-39(34,35)24(25)26/h4-6,11-15,21,24,31H,3,7-10H2,1-2H3,(H,30,33)/t15-,21-/m1/s1. The van der Waals surface area contributed by atoms with Crippen LogP contribution in [-0.4, -0.2) is 78.9 Å². The van der Waals surface area contributed by atoms with Crippen molar-refractivity contribution in [1.29, 1.82) is 0 Å². The van der Waals surface area contributed by atoms with Crippen LogP contribution in [-0.2, 0) is 14.8 Å². The third-order valence-electron chi connectivity index (χ3n) is 5.99. The molecule has 11 nitrogen and oxygen atoms in total. The van der Waals surface area contributed by atoms with E-state index in [1.165, 1.54) is 30.6 Å². The summed E-state index contributed by atoms with van der Waals surface area (Å²) in [7, 11) is -4.86. The monoisotopic (exact) mass is 582 g/mol. The minimum absolute atomic E-state index is 0.0366. The molecule has 210 valence electrons. The van der Waals surface area contributed by atoms with Crippen LogP contribution >= 0.6 is 11.3 Å². The quantitative estimate of drug-likeness (QED) is 0.349. The Morgan fingerprint density at radius 3 is 2.72 bits per heavy atom. The molecule has 0 bridgehead atoms. The molecule has 3 heterocycles. The number of amides is 1. The molecule has 4 rings (SSSR count). The van der Waals surface area contributed by atoms with Gasteiger partial charge in [-0.3, -0.25) is 19.4 Å². The maximum Gasteiger partial charge on any atom is 0.355 e. The Labute approximate surface area is 228 Å². The summed E-state index contributed by atoms with van der Waals surface area (Å²) < 4.78 is 62.0. The van der Waals surface area contributed by atoms with Gasteiger partial charge in [-0.25, -0.2) is 18.4 Å². The normalized spacial score (nSPS) is 16.0. The molecule has 0 radical (unpaired) electrons. The van der Waals surface area contributed by atoms with Gasteiger partial charge in [-0.05, 0) is 31.5 Å². The van der Waals surface area contributed by atoms with Crippen molar-refractivity contribution >= 4 is 33.0 Å². The van der Waals surface area contributed by atoms with Crippen LogP contribution in [0.15, 0.2) is 42.9 Å². The molecule has 3 aromatic rings. The van der Waals surface area contributed by atoms with Gasteiger partial charge in [0.2, 0.25) is 5.88 Å². The minimum Gasteiger partial charge on any atom is -0.477 e. The van der Waals surface area contributed by atoms with E-state index in [0.29, 0.717) is 54.9 Å². The Morgan fingerprint density at radius 2 is 2.00 bits per heavy atom. The van der Waals surface area contributed by atoms with Gasteiger partial charge in [-0.15, -0.1) is 11.3 Å². The molecular formula is C24H28F2N6O5S2. The van der Waals surface area contributed by atoms with E-state index in [4.69, 9.17) is 9.47 Å². The molecule has 2 aromatic heterocycles. The van der Waals surface area contributed by atoms with Crippen molar-refractivity contribution in [3.05, 3.63) is 53.4 Å². The van der Waals surface area contributed by atoms with Crippen LogP contribution in [0.3, 0.4) is 0 Å². The molecule has 0 aliphatic carbocycles. The highest BCUT2D eigenvalue weighted by Gasteiger charge is 2.30. The van der Waals surface area contributed by atoms with E-state index in [1.54, 1.807) is 12.3 Å². The summed E-state index contributed by atoms with van der Waals surface area (Å²) >= 11 is 1.13. The zero-order chi connectivity index (χ0) is 28.0. The molecule has 1 aliphatic rings. The summed E-state index contributed by atoms with van der Waals surface area (Å²) in [5.41, 5.74) is 1.00. The number of aromatic nitrogens is 3. The van der Waals surface area contributed by atoms with Gasteiger partial charge in [0, 0.05) is 31.0 Å². The Hall–Kier alpha value is -3.27. The first-order valence-corrected chi connectivity index (χ1v) is 14.5. The number of ether oxygens (including phenoxy) is 2. The molecule has 1 aliphatic heterocycles. The number of anilines is 1. The fourth-order valence-electron chi connectivity index (χ4n) is 4.07. The average molecular weight is 583 g/mol. The van der Waals surface area contributed by atoms with Crippen LogP contribution in [0.4, 0.5) is 14.5 Å². The third kappa shape index (κ3) is 7.23. The van der Waals surface area contributed by atoms with E-state index in [0.717, 1.165) is 11.3 Å². The molecular weight excluding hydrogens is 554 g/mol. The van der Waals surface area contributed by atoms with Crippen LogP contribution < -0.4 is 14.8 Å². The SMILES string of the molecule is CCOc1cncc(-c2cnc(C(=O)N[C@@H](c3cccc(NS(=O)(=O)C(F)F)c3)[C@@H](C)N3CCOCC3)s2)n1. The topological polar surface area (TPSA) is 136 Å². The summed E-state index contributed by atoms with van der Waals surface area (Å²) in [5.74, 6) is -3.68. The number of benzene rings is 1. The summed E-state index contributed by atoms with van der Waals surface area (Å²) in [6, 6.07) is 5.17. The molecule has 2 atom stereocenters. The second-order valence-corrected chi connectivity index (χ2v) is 11.3. The molecule has 0 unspecified atom stereocenters. The molecule has 0 spiro atoms. The van der Waals surface area contributed by atoms with Crippen molar-refractivity contribution in [2.24, 2.45) is 0 Å². The van der Waals surface area contributed by atoms with Crippen LogP contribution in [0.1, 0.15) is 35.3 Å². The van der Waals surface area contributed by atoms with Gasteiger partial charge in [0.15, 0.2) is 5.01 Å². The average Bonchev–Trinajstić information content (AvgIpc) is 3.43. The number of carbonyl (C=O) groups is 1. The van der Waals surface area contributed by atoms with Crippen molar-refractivity contribution < 1.29 is 31.5 Å². The van der Waals surface area contributed by atoms with Crippen molar-refractivity contribution in [2.45, 2.75) is 31.7 Å². The maximum absolute atomic E-state index is 13.4. The smallest absolute Gasteiger partial charge is 0.355 e. The Kier molecular flexibility index (Phi) is 9.37. The lowest BCUT2D eigenvalue weighted by molar-refractivity contribution is 0.0121. The number of nitrogens with zero attached hydrogens (tertiary/aromatic N) is 4. The van der Waals surface area contributed by atoms with Crippen molar-refractivity contribution in [3.8, 4) is 16.5 Å². The highest BCUT2D eigenvalue weighted by Crippen LogP contribution is 2.28. The third-order valence-corrected chi connectivity index (χ3v) is 8.00. The fraction of sp³-hybridized carbons (Fsp3) is 0.417. The molecule has 1 aromatic carbocycles. The highest BCUT2D eigenvalue weighted by atomic mass is 32.2. The van der Waals surface area contributed by atoms with E-state index in [-0.39, 0.29) is 16.7 Å². The fourth-order valence-corrected chi connectivity index (χ4v) is 5.39. The molecule has 1 fully saturated rings. The number of carbonyl (C=O) groups excluding carboxylic acids is 1.